The third kappa shape index (κ3) is 5.07. The molecule has 0 atom stereocenters. The molecule has 2 rings (SSSR count). The van der Waals surface area contributed by atoms with Crippen molar-refractivity contribution < 1.29 is 9.53 Å². The van der Waals surface area contributed by atoms with Gasteiger partial charge in [0.1, 0.15) is 5.69 Å². The van der Waals surface area contributed by atoms with Crippen molar-refractivity contribution >= 4 is 17.3 Å². The first kappa shape index (κ1) is 17.0. The molecule has 0 unspecified atom stereocenters. The summed E-state index contributed by atoms with van der Waals surface area (Å²) in [6.07, 6.45) is 3.41. The van der Waals surface area contributed by atoms with Gasteiger partial charge in [0, 0.05) is 37.8 Å². The summed E-state index contributed by atoms with van der Waals surface area (Å²) in [5, 5.41) is 6.19. The van der Waals surface area contributed by atoms with Gasteiger partial charge in [-0.25, -0.2) is 0 Å². The molecule has 0 radical (unpaired) electrons. The number of hydrogen-bond acceptors (Lipinski definition) is 4. The van der Waals surface area contributed by atoms with Gasteiger partial charge in [0.05, 0.1) is 0 Å². The molecule has 2 N–H and O–H groups in total. The van der Waals surface area contributed by atoms with Crippen LogP contribution in [-0.4, -0.2) is 31.2 Å². The molecule has 0 aliphatic rings. The molecule has 122 valence electrons. The third-order valence-electron chi connectivity index (χ3n) is 3.49. The molecule has 0 aliphatic carbocycles. The number of ether oxygens (including phenoxy) is 1. The maximum absolute atomic E-state index is 12.4. The predicted molar refractivity (Wildman–Crippen MR) is 93.0 cm³/mol. The molecule has 1 aromatic carbocycles. The van der Waals surface area contributed by atoms with E-state index in [4.69, 9.17) is 4.74 Å². The fourth-order valence-corrected chi connectivity index (χ4v) is 2.25. The van der Waals surface area contributed by atoms with Gasteiger partial charge < -0.3 is 15.4 Å². The van der Waals surface area contributed by atoms with Crippen molar-refractivity contribution in [2.75, 3.05) is 30.9 Å². The molecule has 2 aromatic rings. The zero-order valence-corrected chi connectivity index (χ0v) is 13.6. The molecular formula is C18H23N3O2. The van der Waals surface area contributed by atoms with Crippen LogP contribution in [0, 0.1) is 0 Å². The maximum Gasteiger partial charge on any atom is 0.274 e. The summed E-state index contributed by atoms with van der Waals surface area (Å²) in [5.41, 5.74) is 3.22. The number of para-hydroxylation sites is 1. The molecule has 1 amide bonds. The van der Waals surface area contributed by atoms with Crippen molar-refractivity contribution in [3.8, 4) is 0 Å². The Balaban J connectivity index is 2.02. The lowest BCUT2D eigenvalue weighted by Crippen LogP contribution is -2.15. The number of benzene rings is 1. The van der Waals surface area contributed by atoms with Crippen molar-refractivity contribution in [3.63, 3.8) is 0 Å². The average Bonchev–Trinajstić information content (AvgIpc) is 2.59. The molecule has 0 fully saturated rings. The Hall–Kier alpha value is -2.40. The van der Waals surface area contributed by atoms with Gasteiger partial charge in [-0.05, 0) is 36.6 Å². The van der Waals surface area contributed by atoms with E-state index in [9.17, 15) is 4.79 Å². The van der Waals surface area contributed by atoms with E-state index in [2.05, 4.69) is 22.5 Å². The zero-order valence-electron chi connectivity index (χ0n) is 13.6. The van der Waals surface area contributed by atoms with Crippen LogP contribution in [0.1, 0.15) is 29.4 Å². The number of pyridine rings is 1. The second-order valence-corrected chi connectivity index (χ2v) is 5.17. The smallest absolute Gasteiger partial charge is 0.274 e. The highest BCUT2D eigenvalue weighted by atomic mass is 16.5. The lowest BCUT2D eigenvalue weighted by Gasteiger charge is -2.10. The first-order valence-corrected chi connectivity index (χ1v) is 7.82. The van der Waals surface area contributed by atoms with Crippen LogP contribution in [0.25, 0.3) is 0 Å². The first-order valence-electron chi connectivity index (χ1n) is 7.82. The number of hydrogen-bond donors (Lipinski definition) is 2. The molecule has 0 bridgehead atoms. The zero-order chi connectivity index (χ0) is 16.5. The highest BCUT2D eigenvalue weighted by molar-refractivity contribution is 6.03. The number of amides is 1. The summed E-state index contributed by atoms with van der Waals surface area (Å²) in [4.78, 5) is 16.5. The van der Waals surface area contributed by atoms with Crippen molar-refractivity contribution in [3.05, 3.63) is 53.9 Å². The van der Waals surface area contributed by atoms with E-state index in [1.807, 2.05) is 30.3 Å². The van der Waals surface area contributed by atoms with Gasteiger partial charge in [0.15, 0.2) is 0 Å². The van der Waals surface area contributed by atoms with Gasteiger partial charge in [0.2, 0.25) is 0 Å². The summed E-state index contributed by atoms with van der Waals surface area (Å²) in [7, 11) is 1.68. The van der Waals surface area contributed by atoms with Crippen molar-refractivity contribution in [1.29, 1.82) is 0 Å². The van der Waals surface area contributed by atoms with Gasteiger partial charge in [-0.3, -0.25) is 9.78 Å². The van der Waals surface area contributed by atoms with Gasteiger partial charge >= 0.3 is 0 Å². The van der Waals surface area contributed by atoms with Crippen LogP contribution >= 0.6 is 0 Å². The third-order valence-corrected chi connectivity index (χ3v) is 3.49. The molecule has 0 saturated heterocycles. The Bertz CT molecular complexity index is 644. The van der Waals surface area contributed by atoms with Crippen LogP contribution in [0.2, 0.25) is 0 Å². The molecule has 0 spiro atoms. The van der Waals surface area contributed by atoms with E-state index < -0.39 is 0 Å². The standard InChI is InChI=1S/C18H23N3O2/c1-3-14-7-4-5-8-16(14)21-18(22)17-13-15(9-11-20-17)19-10-6-12-23-2/h4-5,7-9,11,13H,3,6,10,12H2,1-2H3,(H,19,20)(H,21,22). The van der Waals surface area contributed by atoms with E-state index in [1.54, 1.807) is 19.4 Å². The van der Waals surface area contributed by atoms with E-state index in [0.29, 0.717) is 12.3 Å². The highest BCUT2D eigenvalue weighted by Crippen LogP contribution is 2.17. The van der Waals surface area contributed by atoms with Gasteiger partial charge in [-0.15, -0.1) is 0 Å². The molecular weight excluding hydrogens is 290 g/mol. The number of aryl methyl sites for hydroxylation is 1. The monoisotopic (exact) mass is 313 g/mol. The van der Waals surface area contributed by atoms with Gasteiger partial charge in [0.25, 0.3) is 5.91 Å². The topological polar surface area (TPSA) is 63.2 Å². The first-order chi connectivity index (χ1) is 11.2. The largest absolute Gasteiger partial charge is 0.385 e. The number of methoxy groups -OCH3 is 1. The van der Waals surface area contributed by atoms with Crippen LogP contribution in [0.3, 0.4) is 0 Å². The van der Waals surface area contributed by atoms with Crippen molar-refractivity contribution in [2.24, 2.45) is 0 Å². The number of carbonyl (C=O) groups excluding carboxylic acids is 1. The summed E-state index contributed by atoms with van der Waals surface area (Å²) in [6.45, 7) is 3.56. The molecule has 1 heterocycles. The number of carbonyl (C=O) groups is 1. The average molecular weight is 313 g/mol. The van der Waals surface area contributed by atoms with Crippen LogP contribution in [0.4, 0.5) is 11.4 Å². The minimum atomic E-state index is -0.202. The Morgan fingerprint density at radius 1 is 1.26 bits per heavy atom. The molecule has 5 heteroatoms. The minimum Gasteiger partial charge on any atom is -0.385 e. The molecule has 1 aromatic heterocycles. The van der Waals surface area contributed by atoms with Crippen molar-refractivity contribution in [2.45, 2.75) is 19.8 Å². The minimum absolute atomic E-state index is 0.202. The summed E-state index contributed by atoms with van der Waals surface area (Å²) >= 11 is 0. The molecule has 5 nitrogen and oxygen atoms in total. The van der Waals surface area contributed by atoms with Crippen LogP contribution < -0.4 is 10.6 Å². The van der Waals surface area contributed by atoms with Gasteiger partial charge in [-0.2, -0.15) is 0 Å². The van der Waals surface area contributed by atoms with Crippen LogP contribution in [0.15, 0.2) is 42.6 Å². The Kier molecular flexibility index (Phi) is 6.56. The summed E-state index contributed by atoms with van der Waals surface area (Å²) < 4.78 is 5.01. The second kappa shape index (κ2) is 8.90. The van der Waals surface area contributed by atoms with Crippen LogP contribution in [-0.2, 0) is 11.2 Å². The number of nitrogens with zero attached hydrogens (tertiary/aromatic N) is 1. The van der Waals surface area contributed by atoms with E-state index in [0.717, 1.165) is 36.3 Å². The fourth-order valence-electron chi connectivity index (χ4n) is 2.25. The lowest BCUT2D eigenvalue weighted by atomic mass is 10.1. The number of rotatable bonds is 8. The Morgan fingerprint density at radius 2 is 2.09 bits per heavy atom. The normalized spacial score (nSPS) is 10.3. The van der Waals surface area contributed by atoms with E-state index in [1.165, 1.54) is 0 Å². The molecule has 0 aliphatic heterocycles. The predicted octanol–water partition coefficient (Wildman–Crippen LogP) is 3.34. The number of anilines is 2. The Morgan fingerprint density at radius 3 is 2.87 bits per heavy atom. The summed E-state index contributed by atoms with van der Waals surface area (Å²) in [5.74, 6) is -0.202. The van der Waals surface area contributed by atoms with Crippen LogP contribution in [0.5, 0.6) is 0 Å². The molecule has 0 saturated carbocycles. The van der Waals surface area contributed by atoms with E-state index in [-0.39, 0.29) is 5.91 Å². The highest BCUT2D eigenvalue weighted by Gasteiger charge is 2.10. The van der Waals surface area contributed by atoms with Crippen molar-refractivity contribution in [1.82, 2.24) is 4.98 Å². The quantitative estimate of drug-likeness (QED) is 0.734. The maximum atomic E-state index is 12.4. The van der Waals surface area contributed by atoms with E-state index >= 15 is 0 Å². The molecule has 23 heavy (non-hydrogen) atoms. The SMILES string of the molecule is CCc1ccccc1NC(=O)c1cc(NCCCOC)ccn1. The van der Waals surface area contributed by atoms with Gasteiger partial charge in [-0.1, -0.05) is 25.1 Å². The fraction of sp³-hybridized carbons (Fsp3) is 0.333. The second-order valence-electron chi connectivity index (χ2n) is 5.17. The summed E-state index contributed by atoms with van der Waals surface area (Å²) in [6, 6.07) is 11.4. The number of aromatic nitrogens is 1. The Labute approximate surface area is 137 Å². The number of nitrogens with one attached hydrogen (secondary N) is 2. The lowest BCUT2D eigenvalue weighted by molar-refractivity contribution is 0.102.